The third kappa shape index (κ3) is 5.56. The van der Waals surface area contributed by atoms with Gasteiger partial charge in [-0.3, -0.25) is 10.1 Å². The second kappa shape index (κ2) is 10.3. The third-order valence-corrected chi connectivity index (χ3v) is 6.48. The van der Waals surface area contributed by atoms with Crippen molar-refractivity contribution in [1.29, 1.82) is 0 Å². The molecule has 11 heteroatoms. The van der Waals surface area contributed by atoms with Crippen molar-refractivity contribution in [3.63, 3.8) is 0 Å². The van der Waals surface area contributed by atoms with E-state index >= 15 is 0 Å². The molecule has 1 N–H and O–H groups in total. The summed E-state index contributed by atoms with van der Waals surface area (Å²) in [5, 5.41) is 13.5. The summed E-state index contributed by atoms with van der Waals surface area (Å²) < 4.78 is 37.8. The normalized spacial score (nSPS) is 11.7. The molecule has 0 saturated carbocycles. The molecule has 0 radical (unpaired) electrons. The smallest absolute Gasteiger partial charge is 0.322 e. The molecule has 166 valence electrons. The molecule has 0 aliphatic heterocycles. The SMILES string of the molecule is CCCCN(CCCC)S(=O)(=O)c1ccc(C(=O)Nc2nnc(-c3ccno3)o2)cc1. The maximum atomic E-state index is 13.0. The van der Waals surface area contributed by atoms with Gasteiger partial charge in [0.1, 0.15) is 0 Å². The number of sulfonamides is 1. The molecule has 1 aromatic carbocycles. The van der Waals surface area contributed by atoms with Crippen molar-refractivity contribution in [2.45, 2.75) is 44.4 Å². The van der Waals surface area contributed by atoms with E-state index in [2.05, 4.69) is 20.7 Å². The van der Waals surface area contributed by atoms with E-state index in [0.717, 1.165) is 25.7 Å². The van der Waals surface area contributed by atoms with Gasteiger partial charge in [0.15, 0.2) is 0 Å². The molecule has 2 heterocycles. The molecule has 2 aromatic heterocycles. The Bertz CT molecular complexity index is 1070. The lowest BCUT2D eigenvalue weighted by Gasteiger charge is -2.22. The molecule has 0 unspecified atom stereocenters. The third-order valence-electron chi connectivity index (χ3n) is 4.57. The Morgan fingerprint density at radius 2 is 1.71 bits per heavy atom. The zero-order valence-corrected chi connectivity index (χ0v) is 18.3. The molecule has 1 amide bonds. The summed E-state index contributed by atoms with van der Waals surface area (Å²) in [6.45, 7) is 5.00. The van der Waals surface area contributed by atoms with Crippen LogP contribution in [0.4, 0.5) is 6.01 Å². The quantitative estimate of drug-likeness (QED) is 0.472. The van der Waals surface area contributed by atoms with Crippen LogP contribution >= 0.6 is 0 Å². The second-order valence-electron chi connectivity index (χ2n) is 6.88. The van der Waals surface area contributed by atoms with Crippen LogP contribution in [0.15, 0.2) is 50.4 Å². The summed E-state index contributed by atoms with van der Waals surface area (Å²) in [6.07, 6.45) is 4.84. The van der Waals surface area contributed by atoms with E-state index in [0.29, 0.717) is 13.1 Å². The number of nitrogens with one attached hydrogen (secondary N) is 1. The number of hydrogen-bond acceptors (Lipinski definition) is 8. The van der Waals surface area contributed by atoms with Gasteiger partial charge >= 0.3 is 6.01 Å². The molecule has 0 bridgehead atoms. The predicted octanol–water partition coefficient (Wildman–Crippen LogP) is 3.57. The number of anilines is 1. The first-order valence-corrected chi connectivity index (χ1v) is 11.6. The summed E-state index contributed by atoms with van der Waals surface area (Å²) >= 11 is 0. The van der Waals surface area contributed by atoms with Gasteiger partial charge in [-0.05, 0) is 37.1 Å². The number of nitrogens with zero attached hydrogens (tertiary/aromatic N) is 4. The molecule has 0 saturated heterocycles. The first-order valence-electron chi connectivity index (χ1n) is 10.1. The van der Waals surface area contributed by atoms with E-state index in [1.54, 1.807) is 6.07 Å². The van der Waals surface area contributed by atoms with Gasteiger partial charge in [-0.15, -0.1) is 5.10 Å². The van der Waals surface area contributed by atoms with Crippen molar-refractivity contribution < 1.29 is 22.2 Å². The number of amides is 1. The molecule has 0 atom stereocenters. The van der Waals surface area contributed by atoms with Gasteiger partial charge in [0, 0.05) is 24.7 Å². The highest BCUT2D eigenvalue weighted by molar-refractivity contribution is 7.89. The summed E-state index contributed by atoms with van der Waals surface area (Å²) in [5.74, 6) is -0.155. The Hall–Kier alpha value is -3.05. The van der Waals surface area contributed by atoms with Gasteiger partial charge in [-0.2, -0.15) is 4.31 Å². The number of benzene rings is 1. The van der Waals surface area contributed by atoms with Crippen LogP contribution in [0.2, 0.25) is 0 Å². The minimum absolute atomic E-state index is 0.0773. The molecule has 0 aliphatic rings. The van der Waals surface area contributed by atoms with Crippen LogP contribution in [0, 0.1) is 0 Å². The second-order valence-corrected chi connectivity index (χ2v) is 8.82. The Labute approximate surface area is 180 Å². The topological polar surface area (TPSA) is 131 Å². The Balaban J connectivity index is 1.70. The number of unbranched alkanes of at least 4 members (excludes halogenated alkanes) is 2. The lowest BCUT2D eigenvalue weighted by Crippen LogP contribution is -2.33. The largest absolute Gasteiger partial charge is 0.400 e. The van der Waals surface area contributed by atoms with Crippen LogP contribution in [0.5, 0.6) is 0 Å². The van der Waals surface area contributed by atoms with Crippen molar-refractivity contribution in [2.24, 2.45) is 0 Å². The molecular weight excluding hydrogens is 422 g/mol. The maximum Gasteiger partial charge on any atom is 0.322 e. The predicted molar refractivity (Wildman–Crippen MR) is 113 cm³/mol. The van der Waals surface area contributed by atoms with E-state index in [-0.39, 0.29) is 28.1 Å². The van der Waals surface area contributed by atoms with Crippen LogP contribution < -0.4 is 5.32 Å². The summed E-state index contributed by atoms with van der Waals surface area (Å²) in [7, 11) is -3.62. The highest BCUT2D eigenvalue weighted by atomic mass is 32.2. The van der Waals surface area contributed by atoms with E-state index in [4.69, 9.17) is 8.94 Å². The van der Waals surface area contributed by atoms with Crippen LogP contribution in [0.1, 0.15) is 49.9 Å². The van der Waals surface area contributed by atoms with Crippen molar-refractivity contribution in [2.75, 3.05) is 18.4 Å². The zero-order chi connectivity index (χ0) is 22.3. The van der Waals surface area contributed by atoms with Crippen LogP contribution in [-0.2, 0) is 10.0 Å². The van der Waals surface area contributed by atoms with Crippen molar-refractivity contribution in [3.05, 3.63) is 42.1 Å². The number of carbonyl (C=O) groups excluding carboxylic acids is 1. The van der Waals surface area contributed by atoms with E-state index in [9.17, 15) is 13.2 Å². The number of aromatic nitrogens is 3. The molecule has 31 heavy (non-hydrogen) atoms. The van der Waals surface area contributed by atoms with Gasteiger partial charge in [0.05, 0.1) is 11.1 Å². The maximum absolute atomic E-state index is 13.0. The zero-order valence-electron chi connectivity index (χ0n) is 17.4. The van der Waals surface area contributed by atoms with Crippen LogP contribution in [0.25, 0.3) is 11.7 Å². The lowest BCUT2D eigenvalue weighted by atomic mass is 10.2. The fraction of sp³-hybridized carbons (Fsp3) is 0.400. The first kappa shape index (κ1) is 22.6. The van der Waals surface area contributed by atoms with Gasteiger partial charge < -0.3 is 8.94 Å². The molecule has 0 fully saturated rings. The summed E-state index contributed by atoms with van der Waals surface area (Å²) in [5.41, 5.74) is 0.257. The average Bonchev–Trinajstić information content (AvgIpc) is 3.46. The molecule has 3 aromatic rings. The molecule has 10 nitrogen and oxygen atoms in total. The molecule has 3 rings (SSSR count). The van der Waals surface area contributed by atoms with Crippen LogP contribution in [-0.4, -0.2) is 47.1 Å². The Kier molecular flexibility index (Phi) is 7.53. The fourth-order valence-electron chi connectivity index (χ4n) is 2.82. The van der Waals surface area contributed by atoms with Gasteiger partial charge in [-0.25, -0.2) is 8.42 Å². The highest BCUT2D eigenvalue weighted by Gasteiger charge is 2.24. The first-order chi connectivity index (χ1) is 15.0. The number of rotatable bonds is 11. The molecule has 0 spiro atoms. The van der Waals surface area contributed by atoms with Crippen LogP contribution in [0.3, 0.4) is 0 Å². The van der Waals surface area contributed by atoms with E-state index in [1.807, 2.05) is 13.8 Å². The number of carbonyl (C=O) groups is 1. The average molecular weight is 448 g/mol. The Morgan fingerprint density at radius 1 is 1.03 bits per heavy atom. The van der Waals surface area contributed by atoms with E-state index < -0.39 is 15.9 Å². The lowest BCUT2D eigenvalue weighted by molar-refractivity contribution is 0.102. The van der Waals surface area contributed by atoms with Gasteiger partial charge in [0.25, 0.3) is 11.8 Å². The Morgan fingerprint density at radius 3 is 2.29 bits per heavy atom. The van der Waals surface area contributed by atoms with Gasteiger partial charge in [-0.1, -0.05) is 36.9 Å². The fourth-order valence-corrected chi connectivity index (χ4v) is 4.33. The minimum Gasteiger partial charge on any atom is -0.400 e. The van der Waals surface area contributed by atoms with E-state index in [1.165, 1.54) is 34.8 Å². The van der Waals surface area contributed by atoms with Crippen molar-refractivity contribution in [1.82, 2.24) is 19.7 Å². The summed E-state index contributed by atoms with van der Waals surface area (Å²) in [4.78, 5) is 12.6. The monoisotopic (exact) mass is 447 g/mol. The van der Waals surface area contributed by atoms with Gasteiger partial charge in [0.2, 0.25) is 15.8 Å². The minimum atomic E-state index is -3.62. The standard InChI is InChI=1S/C20H25N5O5S/c1-3-5-13-25(14-6-4-2)31(27,28)16-9-7-15(8-10-16)18(26)22-20-24-23-19(29-20)17-11-12-21-30-17/h7-12H,3-6,13-14H2,1-2H3,(H,22,24,26). The highest BCUT2D eigenvalue weighted by Crippen LogP contribution is 2.21. The van der Waals surface area contributed by atoms with Crippen molar-refractivity contribution >= 4 is 21.9 Å². The summed E-state index contributed by atoms with van der Waals surface area (Å²) in [6, 6.07) is 7.20. The number of hydrogen-bond donors (Lipinski definition) is 1. The van der Waals surface area contributed by atoms with Crippen molar-refractivity contribution in [3.8, 4) is 11.7 Å². The molecular formula is C20H25N5O5S. The molecule has 0 aliphatic carbocycles.